The molecule has 0 aromatic heterocycles. The van der Waals surface area contributed by atoms with Gasteiger partial charge in [-0.1, -0.05) is 17.7 Å². The van der Waals surface area contributed by atoms with E-state index in [2.05, 4.69) is 24.2 Å². The molecule has 2 atom stereocenters. The first-order chi connectivity index (χ1) is 10.0. The SMILES string of the molecule is CC(C)N1CCOC(C(Cc2ccc(F)c(Cl)c2)NN)C1. The van der Waals surface area contributed by atoms with Crippen LogP contribution in [0.4, 0.5) is 4.39 Å². The minimum absolute atomic E-state index is 0.00924. The average molecular weight is 316 g/mol. The Hall–Kier alpha value is -0.720. The van der Waals surface area contributed by atoms with Crippen LogP contribution in [0.15, 0.2) is 18.2 Å². The summed E-state index contributed by atoms with van der Waals surface area (Å²) in [6, 6.07) is 5.20. The molecule has 0 aliphatic carbocycles. The predicted molar refractivity (Wildman–Crippen MR) is 82.7 cm³/mol. The number of rotatable bonds is 5. The molecule has 2 rings (SSSR count). The largest absolute Gasteiger partial charge is 0.374 e. The zero-order chi connectivity index (χ0) is 15.4. The van der Waals surface area contributed by atoms with Gasteiger partial charge in [0.05, 0.1) is 23.8 Å². The smallest absolute Gasteiger partial charge is 0.141 e. The molecule has 1 aromatic rings. The summed E-state index contributed by atoms with van der Waals surface area (Å²) < 4.78 is 19.1. The van der Waals surface area contributed by atoms with E-state index in [0.29, 0.717) is 19.1 Å². The number of nitrogens with two attached hydrogens (primary N) is 1. The highest BCUT2D eigenvalue weighted by Crippen LogP contribution is 2.19. The molecular weight excluding hydrogens is 293 g/mol. The molecule has 1 fully saturated rings. The van der Waals surface area contributed by atoms with Crippen molar-refractivity contribution in [3.05, 3.63) is 34.6 Å². The second kappa shape index (κ2) is 7.51. The maximum absolute atomic E-state index is 13.2. The number of ether oxygens (including phenoxy) is 1. The van der Waals surface area contributed by atoms with E-state index in [-0.39, 0.29) is 17.2 Å². The Kier molecular flexibility index (Phi) is 5.96. The molecule has 118 valence electrons. The molecule has 1 aromatic carbocycles. The lowest BCUT2D eigenvalue weighted by molar-refractivity contribution is -0.0552. The number of benzene rings is 1. The third-order valence-electron chi connectivity index (χ3n) is 3.96. The van der Waals surface area contributed by atoms with Crippen molar-refractivity contribution in [2.75, 3.05) is 19.7 Å². The number of hydrogen-bond donors (Lipinski definition) is 2. The predicted octanol–water partition coefficient (Wildman–Crippen LogP) is 1.96. The highest BCUT2D eigenvalue weighted by Gasteiger charge is 2.28. The fraction of sp³-hybridized carbons (Fsp3) is 0.600. The molecule has 0 saturated carbocycles. The lowest BCUT2D eigenvalue weighted by Crippen LogP contribution is -2.56. The first kappa shape index (κ1) is 16.6. The summed E-state index contributed by atoms with van der Waals surface area (Å²) in [7, 11) is 0. The Morgan fingerprint density at radius 3 is 2.90 bits per heavy atom. The van der Waals surface area contributed by atoms with Crippen molar-refractivity contribution >= 4 is 11.6 Å². The van der Waals surface area contributed by atoms with Crippen LogP contribution < -0.4 is 11.3 Å². The number of nitrogens with one attached hydrogen (secondary N) is 1. The highest BCUT2D eigenvalue weighted by molar-refractivity contribution is 6.30. The normalized spacial score (nSPS) is 21.7. The van der Waals surface area contributed by atoms with Crippen LogP contribution in [0.25, 0.3) is 0 Å². The summed E-state index contributed by atoms with van der Waals surface area (Å²) in [5, 5.41) is 0.136. The molecule has 1 aliphatic rings. The number of halogens is 2. The zero-order valence-electron chi connectivity index (χ0n) is 12.5. The summed E-state index contributed by atoms with van der Waals surface area (Å²) in [6.45, 7) is 6.82. The van der Waals surface area contributed by atoms with E-state index in [0.717, 1.165) is 18.7 Å². The fourth-order valence-corrected chi connectivity index (χ4v) is 2.83. The Morgan fingerprint density at radius 2 is 2.29 bits per heavy atom. The molecule has 3 N–H and O–H groups in total. The van der Waals surface area contributed by atoms with Gasteiger partial charge >= 0.3 is 0 Å². The van der Waals surface area contributed by atoms with Gasteiger partial charge in [0.2, 0.25) is 0 Å². The van der Waals surface area contributed by atoms with Gasteiger partial charge in [-0.15, -0.1) is 0 Å². The molecule has 0 radical (unpaired) electrons. The summed E-state index contributed by atoms with van der Waals surface area (Å²) in [4.78, 5) is 2.37. The number of nitrogens with zero attached hydrogens (tertiary/aromatic N) is 1. The number of morpholine rings is 1. The molecule has 1 saturated heterocycles. The topological polar surface area (TPSA) is 50.5 Å². The molecular formula is C15H23ClFN3O. The molecule has 4 nitrogen and oxygen atoms in total. The second-order valence-corrected chi connectivity index (χ2v) is 6.13. The highest BCUT2D eigenvalue weighted by atomic mass is 35.5. The summed E-state index contributed by atoms with van der Waals surface area (Å²) in [5.41, 5.74) is 3.76. The van der Waals surface area contributed by atoms with Crippen molar-refractivity contribution in [3.8, 4) is 0 Å². The van der Waals surface area contributed by atoms with Gasteiger partial charge in [-0.2, -0.15) is 0 Å². The number of hydrazine groups is 1. The quantitative estimate of drug-likeness (QED) is 0.644. The summed E-state index contributed by atoms with van der Waals surface area (Å²) in [5.74, 6) is 5.28. The third kappa shape index (κ3) is 4.37. The van der Waals surface area contributed by atoms with Crippen molar-refractivity contribution in [2.24, 2.45) is 5.84 Å². The molecule has 1 heterocycles. The molecule has 0 spiro atoms. The van der Waals surface area contributed by atoms with Crippen LogP contribution in [0.1, 0.15) is 19.4 Å². The Labute approximate surface area is 130 Å². The molecule has 6 heteroatoms. The van der Waals surface area contributed by atoms with Crippen LogP contribution in [0.3, 0.4) is 0 Å². The molecule has 0 bridgehead atoms. The van der Waals surface area contributed by atoms with Gasteiger partial charge in [0.1, 0.15) is 5.82 Å². The van der Waals surface area contributed by atoms with E-state index in [1.165, 1.54) is 6.07 Å². The first-order valence-corrected chi connectivity index (χ1v) is 7.64. The second-order valence-electron chi connectivity index (χ2n) is 5.72. The minimum atomic E-state index is -0.405. The first-order valence-electron chi connectivity index (χ1n) is 7.27. The van der Waals surface area contributed by atoms with Crippen LogP contribution in [0.5, 0.6) is 0 Å². The maximum atomic E-state index is 13.2. The molecule has 21 heavy (non-hydrogen) atoms. The van der Waals surface area contributed by atoms with Gasteiger partial charge in [-0.25, -0.2) is 4.39 Å². The van der Waals surface area contributed by atoms with Gasteiger partial charge in [0, 0.05) is 19.1 Å². The van der Waals surface area contributed by atoms with E-state index < -0.39 is 5.82 Å². The average Bonchev–Trinajstić information content (AvgIpc) is 2.48. The van der Waals surface area contributed by atoms with Crippen LogP contribution in [-0.4, -0.2) is 42.8 Å². The minimum Gasteiger partial charge on any atom is -0.374 e. The van der Waals surface area contributed by atoms with Crippen molar-refractivity contribution in [3.63, 3.8) is 0 Å². The van der Waals surface area contributed by atoms with Crippen LogP contribution >= 0.6 is 11.6 Å². The van der Waals surface area contributed by atoms with E-state index in [1.807, 2.05) is 0 Å². The van der Waals surface area contributed by atoms with E-state index >= 15 is 0 Å². The molecule has 2 unspecified atom stereocenters. The summed E-state index contributed by atoms with van der Waals surface area (Å²) >= 11 is 5.82. The summed E-state index contributed by atoms with van der Waals surface area (Å²) in [6.07, 6.45) is 0.655. The molecule has 0 amide bonds. The number of hydrogen-bond acceptors (Lipinski definition) is 4. The van der Waals surface area contributed by atoms with Crippen LogP contribution in [-0.2, 0) is 11.2 Å². The van der Waals surface area contributed by atoms with E-state index in [1.54, 1.807) is 12.1 Å². The van der Waals surface area contributed by atoms with Gasteiger partial charge < -0.3 is 4.74 Å². The lowest BCUT2D eigenvalue weighted by atomic mass is 10.00. The maximum Gasteiger partial charge on any atom is 0.141 e. The monoisotopic (exact) mass is 315 g/mol. The van der Waals surface area contributed by atoms with Crippen LogP contribution in [0, 0.1) is 5.82 Å². The van der Waals surface area contributed by atoms with Gasteiger partial charge in [-0.05, 0) is 38.0 Å². The Morgan fingerprint density at radius 1 is 1.52 bits per heavy atom. The van der Waals surface area contributed by atoms with Gasteiger partial charge in [-0.3, -0.25) is 16.2 Å². The zero-order valence-corrected chi connectivity index (χ0v) is 13.2. The fourth-order valence-electron chi connectivity index (χ4n) is 2.63. The third-order valence-corrected chi connectivity index (χ3v) is 4.25. The Bertz CT molecular complexity index is 472. The van der Waals surface area contributed by atoms with E-state index in [4.69, 9.17) is 22.2 Å². The van der Waals surface area contributed by atoms with Crippen molar-refractivity contribution in [1.29, 1.82) is 0 Å². The van der Waals surface area contributed by atoms with Gasteiger partial charge in [0.25, 0.3) is 0 Å². The van der Waals surface area contributed by atoms with E-state index in [9.17, 15) is 4.39 Å². The lowest BCUT2D eigenvalue weighted by Gasteiger charge is -2.38. The standard InChI is InChI=1S/C15H23ClFN3O/c1-10(2)20-5-6-21-15(9-20)14(19-18)8-11-3-4-13(17)12(16)7-11/h3-4,7,10,14-15,19H,5-6,8-9,18H2,1-2H3. The van der Waals surface area contributed by atoms with Crippen molar-refractivity contribution in [1.82, 2.24) is 10.3 Å². The van der Waals surface area contributed by atoms with Gasteiger partial charge in [0.15, 0.2) is 0 Å². The van der Waals surface area contributed by atoms with Crippen LogP contribution in [0.2, 0.25) is 5.02 Å². The Balaban J connectivity index is 2.03. The van der Waals surface area contributed by atoms with Crippen molar-refractivity contribution < 1.29 is 9.13 Å². The van der Waals surface area contributed by atoms with Crippen molar-refractivity contribution in [2.45, 2.75) is 38.5 Å². The molecule has 1 aliphatic heterocycles.